The molecule has 1 heterocycles. The number of amides is 1. The Morgan fingerprint density at radius 2 is 1.88 bits per heavy atom. The molecule has 3 rings (SSSR count). The van der Waals surface area contributed by atoms with Crippen LogP contribution < -0.4 is 4.90 Å². The Bertz CT molecular complexity index is 874. The van der Waals surface area contributed by atoms with Gasteiger partial charge in [0.15, 0.2) is 5.16 Å². The first kappa shape index (κ1) is 17.3. The average Bonchev–Trinajstić information content (AvgIpc) is 3.10. The fourth-order valence-electron chi connectivity index (χ4n) is 2.49. The summed E-state index contributed by atoms with van der Waals surface area (Å²) in [5, 5.41) is 0.818. The van der Waals surface area contributed by atoms with E-state index in [9.17, 15) is 4.79 Å². The van der Waals surface area contributed by atoms with Crippen LogP contribution in [0.4, 0.5) is 5.69 Å². The minimum Gasteiger partial charge on any atom is -0.315 e. The third kappa shape index (κ3) is 3.94. The standard InChI is InChI=1S/C20H21N3OS/c1-15-9-10-18(13-16(15)2)23-12-11-21-20(23)25-14-19(24)22(3)17-7-5-4-6-8-17/h4-13H,14H2,1-3H3. The maximum absolute atomic E-state index is 12.5. The predicted octanol–water partition coefficient (Wildman–Crippen LogP) is 4.24. The minimum absolute atomic E-state index is 0.0471. The smallest absolute Gasteiger partial charge is 0.237 e. The fourth-order valence-corrected chi connectivity index (χ4v) is 3.37. The molecular formula is C20H21N3OS. The number of para-hydroxylation sites is 1. The molecule has 0 aliphatic rings. The molecule has 4 nitrogen and oxygen atoms in total. The zero-order valence-electron chi connectivity index (χ0n) is 14.6. The third-order valence-electron chi connectivity index (χ3n) is 4.22. The molecule has 0 aliphatic carbocycles. The minimum atomic E-state index is 0.0471. The number of hydrogen-bond donors (Lipinski definition) is 0. The number of anilines is 1. The van der Waals surface area contributed by atoms with Crippen LogP contribution in [0.15, 0.2) is 66.1 Å². The summed E-state index contributed by atoms with van der Waals surface area (Å²) in [4.78, 5) is 18.5. The lowest BCUT2D eigenvalue weighted by Crippen LogP contribution is -2.27. The van der Waals surface area contributed by atoms with Gasteiger partial charge in [-0.25, -0.2) is 4.98 Å². The first-order valence-electron chi connectivity index (χ1n) is 8.11. The fraction of sp³-hybridized carbons (Fsp3) is 0.200. The van der Waals surface area contributed by atoms with E-state index in [1.54, 1.807) is 18.1 Å². The van der Waals surface area contributed by atoms with Crippen LogP contribution in [0.5, 0.6) is 0 Å². The van der Waals surface area contributed by atoms with Gasteiger partial charge in [0.2, 0.25) is 5.91 Å². The molecule has 1 amide bonds. The van der Waals surface area contributed by atoms with Crippen LogP contribution in [0.3, 0.4) is 0 Å². The maximum Gasteiger partial charge on any atom is 0.237 e. The summed E-state index contributed by atoms with van der Waals surface area (Å²) in [5.74, 6) is 0.388. The van der Waals surface area contributed by atoms with Crippen LogP contribution in [-0.4, -0.2) is 28.3 Å². The second kappa shape index (κ2) is 7.57. The predicted molar refractivity (Wildman–Crippen MR) is 104 cm³/mol. The molecule has 0 bridgehead atoms. The number of imidazole rings is 1. The van der Waals surface area contributed by atoms with Gasteiger partial charge in [-0.2, -0.15) is 0 Å². The number of benzene rings is 2. The van der Waals surface area contributed by atoms with Crippen LogP contribution in [0.2, 0.25) is 0 Å². The molecule has 5 heteroatoms. The van der Waals surface area contributed by atoms with E-state index in [-0.39, 0.29) is 5.91 Å². The summed E-state index contributed by atoms with van der Waals surface area (Å²) in [6.07, 6.45) is 3.70. The van der Waals surface area contributed by atoms with Crippen molar-refractivity contribution >= 4 is 23.4 Å². The van der Waals surface area contributed by atoms with Gasteiger partial charge in [0, 0.05) is 30.8 Å². The van der Waals surface area contributed by atoms with Crippen LogP contribution in [0.1, 0.15) is 11.1 Å². The van der Waals surface area contributed by atoms with E-state index in [0.29, 0.717) is 5.75 Å². The van der Waals surface area contributed by atoms with Gasteiger partial charge in [-0.05, 0) is 49.2 Å². The number of aryl methyl sites for hydroxylation is 2. The molecule has 0 saturated heterocycles. The monoisotopic (exact) mass is 351 g/mol. The molecule has 128 valence electrons. The number of rotatable bonds is 5. The van der Waals surface area contributed by atoms with Gasteiger partial charge in [0.1, 0.15) is 0 Å². The van der Waals surface area contributed by atoms with E-state index in [0.717, 1.165) is 16.5 Å². The molecule has 3 aromatic rings. The Labute approximate surface area is 152 Å². The largest absolute Gasteiger partial charge is 0.315 e. The van der Waals surface area contributed by atoms with Crippen molar-refractivity contribution in [3.63, 3.8) is 0 Å². The molecule has 1 aromatic heterocycles. The number of aromatic nitrogens is 2. The topological polar surface area (TPSA) is 38.1 Å². The molecule has 25 heavy (non-hydrogen) atoms. The van der Waals surface area contributed by atoms with E-state index in [4.69, 9.17) is 0 Å². The highest BCUT2D eigenvalue weighted by Gasteiger charge is 2.14. The van der Waals surface area contributed by atoms with Crippen molar-refractivity contribution < 1.29 is 4.79 Å². The quantitative estimate of drug-likeness (QED) is 0.645. The highest BCUT2D eigenvalue weighted by atomic mass is 32.2. The molecule has 0 aliphatic heterocycles. The highest BCUT2D eigenvalue weighted by molar-refractivity contribution is 7.99. The van der Waals surface area contributed by atoms with Gasteiger partial charge in [-0.3, -0.25) is 9.36 Å². The Morgan fingerprint density at radius 3 is 2.60 bits per heavy atom. The summed E-state index contributed by atoms with van der Waals surface area (Å²) >= 11 is 1.45. The van der Waals surface area contributed by atoms with Gasteiger partial charge in [0.05, 0.1) is 5.75 Å². The Balaban J connectivity index is 1.71. The number of carbonyl (C=O) groups excluding carboxylic acids is 1. The van der Waals surface area contributed by atoms with Gasteiger partial charge in [-0.15, -0.1) is 0 Å². The van der Waals surface area contributed by atoms with E-state index in [2.05, 4.69) is 37.0 Å². The van der Waals surface area contributed by atoms with Crippen molar-refractivity contribution in [2.24, 2.45) is 0 Å². The summed E-state index contributed by atoms with van der Waals surface area (Å²) in [5.41, 5.74) is 4.46. The lowest BCUT2D eigenvalue weighted by atomic mass is 10.1. The molecule has 0 radical (unpaired) electrons. The molecule has 0 unspecified atom stereocenters. The van der Waals surface area contributed by atoms with Crippen molar-refractivity contribution in [3.05, 3.63) is 72.1 Å². The zero-order valence-corrected chi connectivity index (χ0v) is 15.5. The van der Waals surface area contributed by atoms with Crippen LogP contribution >= 0.6 is 11.8 Å². The summed E-state index contributed by atoms with van der Waals surface area (Å²) in [6.45, 7) is 4.20. The third-order valence-corrected chi connectivity index (χ3v) is 5.17. The van der Waals surface area contributed by atoms with Crippen LogP contribution in [-0.2, 0) is 4.79 Å². The molecular weight excluding hydrogens is 330 g/mol. The van der Waals surface area contributed by atoms with Crippen molar-refractivity contribution in [2.45, 2.75) is 19.0 Å². The second-order valence-corrected chi connectivity index (χ2v) is 6.87. The molecule has 0 fully saturated rings. The van der Waals surface area contributed by atoms with Crippen LogP contribution in [0, 0.1) is 13.8 Å². The number of nitrogens with zero attached hydrogens (tertiary/aromatic N) is 3. The maximum atomic E-state index is 12.5. The van der Waals surface area contributed by atoms with Gasteiger partial charge < -0.3 is 4.90 Å². The summed E-state index contributed by atoms with van der Waals surface area (Å²) in [6, 6.07) is 16.0. The Morgan fingerprint density at radius 1 is 1.12 bits per heavy atom. The SMILES string of the molecule is Cc1ccc(-n2ccnc2SCC(=O)N(C)c2ccccc2)cc1C. The normalized spacial score (nSPS) is 10.7. The van der Waals surface area contributed by atoms with E-state index in [1.165, 1.54) is 22.9 Å². The van der Waals surface area contributed by atoms with Gasteiger partial charge in [0.25, 0.3) is 0 Å². The van der Waals surface area contributed by atoms with E-state index < -0.39 is 0 Å². The zero-order chi connectivity index (χ0) is 17.8. The summed E-state index contributed by atoms with van der Waals surface area (Å²) < 4.78 is 2.02. The van der Waals surface area contributed by atoms with Gasteiger partial charge >= 0.3 is 0 Å². The number of hydrogen-bond acceptors (Lipinski definition) is 3. The van der Waals surface area contributed by atoms with E-state index >= 15 is 0 Å². The lowest BCUT2D eigenvalue weighted by Gasteiger charge is -2.17. The Hall–Kier alpha value is -2.53. The average molecular weight is 351 g/mol. The van der Waals surface area contributed by atoms with Crippen molar-refractivity contribution in [1.29, 1.82) is 0 Å². The molecule has 0 atom stereocenters. The van der Waals surface area contributed by atoms with Crippen molar-refractivity contribution in [3.8, 4) is 5.69 Å². The van der Waals surface area contributed by atoms with Crippen molar-refractivity contribution in [1.82, 2.24) is 9.55 Å². The molecule has 2 aromatic carbocycles. The second-order valence-electron chi connectivity index (χ2n) is 5.93. The molecule has 0 N–H and O–H groups in total. The summed E-state index contributed by atoms with van der Waals surface area (Å²) in [7, 11) is 1.80. The van der Waals surface area contributed by atoms with Crippen LogP contribution in [0.25, 0.3) is 5.69 Å². The number of carbonyl (C=O) groups is 1. The molecule has 0 spiro atoms. The number of thioether (sulfide) groups is 1. The lowest BCUT2D eigenvalue weighted by molar-refractivity contribution is -0.115. The molecule has 0 saturated carbocycles. The first-order chi connectivity index (χ1) is 12.1. The Kier molecular flexibility index (Phi) is 5.24. The highest BCUT2D eigenvalue weighted by Crippen LogP contribution is 2.23. The first-order valence-corrected chi connectivity index (χ1v) is 9.10. The van der Waals surface area contributed by atoms with E-state index in [1.807, 2.05) is 41.1 Å². The van der Waals surface area contributed by atoms with Crippen molar-refractivity contribution in [2.75, 3.05) is 17.7 Å². The van der Waals surface area contributed by atoms with Gasteiger partial charge in [-0.1, -0.05) is 36.0 Å².